The minimum absolute atomic E-state index is 0.0167. The number of sulfonamides is 2. The van der Waals surface area contributed by atoms with E-state index in [9.17, 15) is 26.4 Å². The Hall–Kier alpha value is -3.58. The number of carbonyl (C=O) groups is 2. The lowest BCUT2D eigenvalue weighted by atomic mass is 10.1. The van der Waals surface area contributed by atoms with E-state index >= 15 is 0 Å². The molecule has 0 saturated carbocycles. The van der Waals surface area contributed by atoms with Crippen LogP contribution in [0.25, 0.3) is 0 Å². The van der Waals surface area contributed by atoms with Gasteiger partial charge in [0.1, 0.15) is 0 Å². The molecule has 0 bridgehead atoms. The fourth-order valence-electron chi connectivity index (χ4n) is 2.94. The first-order valence-electron chi connectivity index (χ1n) is 9.83. The molecule has 0 unspecified atom stereocenters. The number of nitrogens with one attached hydrogen (secondary N) is 2. The lowest BCUT2D eigenvalue weighted by molar-refractivity contribution is 0.0939. The Morgan fingerprint density at radius 1 is 0.559 bits per heavy atom. The largest absolute Gasteiger partial charge is 0.348 e. The van der Waals surface area contributed by atoms with Gasteiger partial charge in [-0.2, -0.15) is 0 Å². The van der Waals surface area contributed by atoms with Gasteiger partial charge >= 0.3 is 0 Å². The van der Waals surface area contributed by atoms with E-state index in [4.69, 9.17) is 10.3 Å². The first-order valence-corrected chi connectivity index (χ1v) is 12.9. The topological polar surface area (TPSA) is 179 Å². The average Bonchev–Trinajstić information content (AvgIpc) is 2.80. The molecule has 2 amide bonds. The molecular formula is C22H22N4O6S2. The third-order valence-corrected chi connectivity index (χ3v) is 6.68. The zero-order valence-electron chi connectivity index (χ0n) is 17.8. The van der Waals surface area contributed by atoms with E-state index in [1.807, 2.05) is 0 Å². The molecule has 0 fully saturated rings. The molecule has 0 heterocycles. The average molecular weight is 503 g/mol. The van der Waals surface area contributed by atoms with Gasteiger partial charge in [-0.15, -0.1) is 0 Å². The van der Waals surface area contributed by atoms with Crippen molar-refractivity contribution in [3.63, 3.8) is 0 Å². The lowest BCUT2D eigenvalue weighted by Gasteiger charge is -2.08. The van der Waals surface area contributed by atoms with Crippen molar-refractivity contribution >= 4 is 31.9 Å². The highest BCUT2D eigenvalue weighted by atomic mass is 32.2. The summed E-state index contributed by atoms with van der Waals surface area (Å²) in [6, 6.07) is 17.7. The molecule has 3 aromatic carbocycles. The fourth-order valence-corrected chi connectivity index (χ4v) is 3.97. The summed E-state index contributed by atoms with van der Waals surface area (Å²) in [4.78, 5) is 24.7. The SMILES string of the molecule is NS(=O)(=O)c1ccc(CNC(=O)c2ccc(C(=O)NCc3ccc(S(N)(=O)=O)cc3)cc2)cc1. The van der Waals surface area contributed by atoms with Crippen molar-refractivity contribution in [1.82, 2.24) is 10.6 Å². The normalized spacial score (nSPS) is 11.6. The van der Waals surface area contributed by atoms with Crippen molar-refractivity contribution in [1.29, 1.82) is 0 Å². The van der Waals surface area contributed by atoms with Crippen molar-refractivity contribution in [3.8, 4) is 0 Å². The fraction of sp³-hybridized carbons (Fsp3) is 0.0909. The minimum Gasteiger partial charge on any atom is -0.348 e. The third kappa shape index (κ3) is 6.71. The number of rotatable bonds is 8. The molecule has 3 aromatic rings. The Morgan fingerprint density at radius 3 is 1.12 bits per heavy atom. The molecule has 3 rings (SSSR count). The van der Waals surface area contributed by atoms with Crippen LogP contribution in [-0.2, 0) is 33.1 Å². The molecule has 0 aromatic heterocycles. The molecule has 0 radical (unpaired) electrons. The number of hydrogen-bond acceptors (Lipinski definition) is 6. The standard InChI is InChI=1S/C22H22N4O6S2/c23-33(29,30)19-9-1-15(2-10-19)13-25-21(27)17-5-7-18(8-6-17)22(28)26-14-16-3-11-20(12-4-16)34(24,31)32/h1-12H,13-14H2,(H,25,27)(H,26,28)(H2,23,29,30)(H2,24,31,32). The van der Waals surface area contributed by atoms with Crippen LogP contribution in [0.4, 0.5) is 0 Å². The predicted octanol–water partition coefficient (Wildman–Crippen LogP) is 0.841. The molecule has 10 nitrogen and oxygen atoms in total. The van der Waals surface area contributed by atoms with E-state index in [0.717, 1.165) is 0 Å². The van der Waals surface area contributed by atoms with Gasteiger partial charge in [-0.1, -0.05) is 24.3 Å². The molecular weight excluding hydrogens is 480 g/mol. The highest BCUT2D eigenvalue weighted by molar-refractivity contribution is 7.89. The van der Waals surface area contributed by atoms with Gasteiger partial charge in [-0.3, -0.25) is 9.59 Å². The Kier molecular flexibility index (Phi) is 7.47. The summed E-state index contributed by atoms with van der Waals surface area (Å²) < 4.78 is 45.1. The Labute approximate surface area is 197 Å². The van der Waals surface area contributed by atoms with Gasteiger partial charge in [0.2, 0.25) is 20.0 Å². The van der Waals surface area contributed by atoms with Crippen molar-refractivity contribution in [2.24, 2.45) is 10.3 Å². The number of carbonyl (C=O) groups excluding carboxylic acids is 2. The number of amides is 2. The van der Waals surface area contributed by atoms with E-state index < -0.39 is 20.0 Å². The number of benzene rings is 3. The summed E-state index contributed by atoms with van der Waals surface area (Å²) in [5, 5.41) is 15.5. The van der Waals surface area contributed by atoms with Crippen molar-refractivity contribution in [2.45, 2.75) is 22.9 Å². The molecule has 0 spiro atoms. The van der Waals surface area contributed by atoms with Gasteiger partial charge in [0, 0.05) is 24.2 Å². The summed E-state index contributed by atoms with van der Waals surface area (Å²) in [5.41, 5.74) is 2.07. The van der Waals surface area contributed by atoms with Crippen LogP contribution in [0.1, 0.15) is 31.8 Å². The second kappa shape index (κ2) is 10.1. The van der Waals surface area contributed by atoms with Crippen molar-refractivity contribution < 1.29 is 26.4 Å². The van der Waals surface area contributed by atoms with Crippen LogP contribution in [-0.4, -0.2) is 28.6 Å². The van der Waals surface area contributed by atoms with Crippen LogP contribution in [0, 0.1) is 0 Å². The quantitative estimate of drug-likeness (QED) is 0.354. The van der Waals surface area contributed by atoms with Crippen LogP contribution < -0.4 is 20.9 Å². The van der Waals surface area contributed by atoms with E-state index in [2.05, 4.69) is 10.6 Å². The first kappa shape index (κ1) is 25.1. The van der Waals surface area contributed by atoms with Crippen LogP contribution in [0.5, 0.6) is 0 Å². The molecule has 0 aliphatic heterocycles. The lowest BCUT2D eigenvalue weighted by Crippen LogP contribution is -2.24. The maximum atomic E-state index is 12.4. The number of primary sulfonamides is 2. The molecule has 34 heavy (non-hydrogen) atoms. The van der Waals surface area contributed by atoms with Crippen molar-refractivity contribution in [3.05, 3.63) is 95.1 Å². The zero-order chi connectivity index (χ0) is 24.9. The van der Waals surface area contributed by atoms with Gasteiger partial charge in [0.15, 0.2) is 0 Å². The minimum atomic E-state index is -3.78. The Balaban J connectivity index is 1.53. The summed E-state index contributed by atoms with van der Waals surface area (Å²) >= 11 is 0. The van der Waals surface area contributed by atoms with Crippen LogP contribution in [0.2, 0.25) is 0 Å². The van der Waals surface area contributed by atoms with Gasteiger partial charge in [0.05, 0.1) is 9.79 Å². The molecule has 178 valence electrons. The maximum Gasteiger partial charge on any atom is 0.251 e. The van der Waals surface area contributed by atoms with E-state index in [-0.39, 0.29) is 34.7 Å². The number of nitrogens with two attached hydrogens (primary N) is 2. The Morgan fingerprint density at radius 2 is 0.853 bits per heavy atom. The molecule has 0 saturated heterocycles. The maximum absolute atomic E-state index is 12.4. The molecule has 0 atom stereocenters. The molecule has 0 aliphatic rings. The first-order chi connectivity index (χ1) is 15.9. The highest BCUT2D eigenvalue weighted by Gasteiger charge is 2.11. The van der Waals surface area contributed by atoms with E-state index in [1.54, 1.807) is 24.3 Å². The van der Waals surface area contributed by atoms with Gasteiger partial charge < -0.3 is 10.6 Å². The van der Waals surface area contributed by atoms with Crippen LogP contribution in [0.3, 0.4) is 0 Å². The predicted molar refractivity (Wildman–Crippen MR) is 124 cm³/mol. The van der Waals surface area contributed by atoms with Gasteiger partial charge in [0.25, 0.3) is 11.8 Å². The second-order valence-electron chi connectivity index (χ2n) is 7.32. The summed E-state index contributed by atoms with van der Waals surface area (Å²) in [5.74, 6) is -0.727. The highest BCUT2D eigenvalue weighted by Crippen LogP contribution is 2.11. The molecule has 0 aliphatic carbocycles. The molecule has 6 N–H and O–H groups in total. The second-order valence-corrected chi connectivity index (χ2v) is 10.4. The zero-order valence-corrected chi connectivity index (χ0v) is 19.4. The number of hydrogen-bond donors (Lipinski definition) is 4. The monoisotopic (exact) mass is 502 g/mol. The van der Waals surface area contributed by atoms with Gasteiger partial charge in [-0.25, -0.2) is 27.1 Å². The summed E-state index contributed by atoms with van der Waals surface area (Å²) in [6.07, 6.45) is 0. The smallest absolute Gasteiger partial charge is 0.251 e. The van der Waals surface area contributed by atoms with Crippen LogP contribution >= 0.6 is 0 Å². The molecule has 12 heteroatoms. The van der Waals surface area contributed by atoms with Crippen LogP contribution in [0.15, 0.2) is 82.6 Å². The van der Waals surface area contributed by atoms with E-state index in [1.165, 1.54) is 48.5 Å². The van der Waals surface area contributed by atoms with Gasteiger partial charge in [-0.05, 0) is 59.7 Å². The van der Waals surface area contributed by atoms with E-state index in [0.29, 0.717) is 22.3 Å². The summed E-state index contributed by atoms with van der Waals surface area (Å²) in [7, 11) is -7.56. The third-order valence-electron chi connectivity index (χ3n) is 4.82. The van der Waals surface area contributed by atoms with Crippen molar-refractivity contribution in [2.75, 3.05) is 0 Å². The Bertz CT molecular complexity index is 1290. The summed E-state index contributed by atoms with van der Waals surface area (Å²) in [6.45, 7) is 0.354.